The minimum atomic E-state index is -0.573. The molecule has 1 aromatic heterocycles. The van der Waals surface area contributed by atoms with Crippen molar-refractivity contribution in [2.75, 3.05) is 6.61 Å². The third-order valence-corrected chi connectivity index (χ3v) is 4.48. The summed E-state index contributed by atoms with van der Waals surface area (Å²) in [5.74, 6) is -0.999. The standard InChI is InChI=1S/C20H16Cl2N2O3/c1-12-8-16(15-4-2-3-5-18(15)24-12)20(26)27-11-19(25)23-10-13-6-7-14(21)9-17(13)22/h2-9H,10-11H2,1H3,(H,23,25). The number of pyridine rings is 1. The monoisotopic (exact) mass is 402 g/mol. The zero-order chi connectivity index (χ0) is 19.4. The summed E-state index contributed by atoms with van der Waals surface area (Å²) in [7, 11) is 0. The maximum absolute atomic E-state index is 12.4. The molecule has 1 N–H and O–H groups in total. The quantitative estimate of drug-likeness (QED) is 0.645. The molecule has 27 heavy (non-hydrogen) atoms. The van der Waals surface area contributed by atoms with Gasteiger partial charge in [-0.3, -0.25) is 9.78 Å². The van der Waals surface area contributed by atoms with Crippen LogP contribution in [0.4, 0.5) is 0 Å². The lowest BCUT2D eigenvalue weighted by Gasteiger charge is -2.10. The Kier molecular flexibility index (Phi) is 5.94. The van der Waals surface area contributed by atoms with Crippen LogP contribution in [0.3, 0.4) is 0 Å². The minimum Gasteiger partial charge on any atom is -0.452 e. The second-order valence-electron chi connectivity index (χ2n) is 5.92. The van der Waals surface area contributed by atoms with Gasteiger partial charge in [0.25, 0.3) is 5.91 Å². The molecule has 7 heteroatoms. The molecular formula is C20H16Cl2N2O3. The van der Waals surface area contributed by atoms with Gasteiger partial charge < -0.3 is 10.1 Å². The van der Waals surface area contributed by atoms with Crippen LogP contribution in [0.25, 0.3) is 10.9 Å². The lowest BCUT2D eigenvalue weighted by Crippen LogP contribution is -2.28. The summed E-state index contributed by atoms with van der Waals surface area (Å²) in [6.07, 6.45) is 0. The smallest absolute Gasteiger partial charge is 0.339 e. The van der Waals surface area contributed by atoms with Crippen LogP contribution < -0.4 is 5.32 Å². The van der Waals surface area contributed by atoms with E-state index in [9.17, 15) is 9.59 Å². The first-order valence-electron chi connectivity index (χ1n) is 8.18. The van der Waals surface area contributed by atoms with E-state index in [1.807, 2.05) is 18.2 Å². The molecule has 0 atom stereocenters. The lowest BCUT2D eigenvalue weighted by molar-refractivity contribution is -0.124. The number of esters is 1. The Bertz CT molecular complexity index is 1020. The fourth-order valence-corrected chi connectivity index (χ4v) is 3.07. The second kappa shape index (κ2) is 8.37. The van der Waals surface area contributed by atoms with Gasteiger partial charge >= 0.3 is 5.97 Å². The van der Waals surface area contributed by atoms with Crippen LogP contribution in [-0.4, -0.2) is 23.5 Å². The molecule has 0 aliphatic carbocycles. The summed E-state index contributed by atoms with van der Waals surface area (Å²) in [5, 5.41) is 4.31. The summed E-state index contributed by atoms with van der Waals surface area (Å²) >= 11 is 11.9. The highest BCUT2D eigenvalue weighted by Crippen LogP contribution is 2.21. The van der Waals surface area contributed by atoms with Crippen molar-refractivity contribution in [3.05, 3.63) is 75.4 Å². The van der Waals surface area contributed by atoms with E-state index in [1.165, 1.54) is 0 Å². The van der Waals surface area contributed by atoms with E-state index in [2.05, 4.69) is 10.3 Å². The molecule has 0 bridgehead atoms. The number of para-hydroxylation sites is 1. The van der Waals surface area contributed by atoms with Gasteiger partial charge in [-0.25, -0.2) is 4.79 Å². The number of aromatic nitrogens is 1. The SMILES string of the molecule is Cc1cc(C(=O)OCC(=O)NCc2ccc(Cl)cc2Cl)c2ccccc2n1. The Labute approximate surface area is 166 Å². The maximum Gasteiger partial charge on any atom is 0.339 e. The van der Waals surface area contributed by atoms with Crippen LogP contribution in [0.1, 0.15) is 21.6 Å². The number of fused-ring (bicyclic) bond motifs is 1. The van der Waals surface area contributed by atoms with Crippen LogP contribution in [-0.2, 0) is 16.1 Å². The highest BCUT2D eigenvalue weighted by molar-refractivity contribution is 6.35. The third kappa shape index (κ3) is 4.76. The molecule has 0 aliphatic rings. The van der Waals surface area contributed by atoms with E-state index in [-0.39, 0.29) is 13.2 Å². The molecule has 0 radical (unpaired) electrons. The fourth-order valence-electron chi connectivity index (χ4n) is 2.60. The predicted octanol–water partition coefficient (Wildman–Crippen LogP) is 4.32. The number of hydrogen-bond donors (Lipinski definition) is 1. The summed E-state index contributed by atoms with van der Waals surface area (Å²) in [6, 6.07) is 13.9. The number of carbonyl (C=O) groups is 2. The van der Waals surface area contributed by atoms with Crippen molar-refractivity contribution in [1.82, 2.24) is 10.3 Å². The van der Waals surface area contributed by atoms with Crippen molar-refractivity contribution in [2.45, 2.75) is 13.5 Å². The molecule has 5 nitrogen and oxygen atoms in total. The largest absolute Gasteiger partial charge is 0.452 e. The van der Waals surface area contributed by atoms with E-state index in [1.54, 1.807) is 37.3 Å². The van der Waals surface area contributed by atoms with Gasteiger partial charge in [-0.05, 0) is 36.8 Å². The average molecular weight is 403 g/mol. The average Bonchev–Trinajstić information content (AvgIpc) is 2.64. The zero-order valence-corrected chi connectivity index (χ0v) is 16.0. The van der Waals surface area contributed by atoms with Gasteiger partial charge in [-0.15, -0.1) is 0 Å². The number of aryl methyl sites for hydroxylation is 1. The number of hydrogen-bond acceptors (Lipinski definition) is 4. The van der Waals surface area contributed by atoms with Crippen molar-refractivity contribution >= 4 is 46.0 Å². The number of nitrogens with one attached hydrogen (secondary N) is 1. The van der Waals surface area contributed by atoms with Crippen molar-refractivity contribution in [1.29, 1.82) is 0 Å². The van der Waals surface area contributed by atoms with Crippen LogP contribution in [0.2, 0.25) is 10.0 Å². The maximum atomic E-state index is 12.4. The molecule has 0 aliphatic heterocycles. The highest BCUT2D eigenvalue weighted by atomic mass is 35.5. The second-order valence-corrected chi connectivity index (χ2v) is 6.76. The molecule has 1 amide bonds. The van der Waals surface area contributed by atoms with Crippen LogP contribution in [0.5, 0.6) is 0 Å². The molecule has 0 unspecified atom stereocenters. The minimum absolute atomic E-state index is 0.212. The number of amides is 1. The van der Waals surface area contributed by atoms with E-state index in [0.717, 1.165) is 5.56 Å². The molecule has 0 fully saturated rings. The summed E-state index contributed by atoms with van der Waals surface area (Å²) in [6.45, 7) is 1.62. The van der Waals surface area contributed by atoms with Crippen molar-refractivity contribution in [2.24, 2.45) is 0 Å². The molecule has 0 saturated carbocycles. The Morgan fingerprint density at radius 1 is 1.11 bits per heavy atom. The van der Waals surface area contributed by atoms with E-state index in [0.29, 0.717) is 32.2 Å². The number of ether oxygens (including phenoxy) is 1. The summed E-state index contributed by atoms with van der Waals surface area (Å²) in [5.41, 5.74) is 2.50. The number of halogens is 2. The third-order valence-electron chi connectivity index (χ3n) is 3.89. The van der Waals surface area contributed by atoms with Gasteiger partial charge in [0.15, 0.2) is 6.61 Å². The molecule has 0 spiro atoms. The first-order valence-corrected chi connectivity index (χ1v) is 8.94. The van der Waals surface area contributed by atoms with Gasteiger partial charge in [-0.2, -0.15) is 0 Å². The topological polar surface area (TPSA) is 68.3 Å². The molecule has 3 rings (SSSR count). The summed E-state index contributed by atoms with van der Waals surface area (Å²) in [4.78, 5) is 28.8. The first-order chi connectivity index (χ1) is 12.9. The zero-order valence-electron chi connectivity index (χ0n) is 14.5. The summed E-state index contributed by atoms with van der Waals surface area (Å²) < 4.78 is 5.16. The van der Waals surface area contributed by atoms with Gasteiger partial charge in [0, 0.05) is 27.7 Å². The molecule has 1 heterocycles. The number of carbonyl (C=O) groups excluding carboxylic acids is 2. The molecule has 138 valence electrons. The predicted molar refractivity (Wildman–Crippen MR) is 105 cm³/mol. The highest BCUT2D eigenvalue weighted by Gasteiger charge is 2.15. The Hall–Kier alpha value is -2.63. The van der Waals surface area contributed by atoms with E-state index in [4.69, 9.17) is 27.9 Å². The van der Waals surface area contributed by atoms with Gasteiger partial charge in [0.2, 0.25) is 0 Å². The van der Waals surface area contributed by atoms with Crippen LogP contribution in [0.15, 0.2) is 48.5 Å². The number of rotatable bonds is 5. The van der Waals surface area contributed by atoms with Crippen molar-refractivity contribution < 1.29 is 14.3 Å². The van der Waals surface area contributed by atoms with Gasteiger partial charge in [0.05, 0.1) is 11.1 Å². The fraction of sp³-hybridized carbons (Fsp3) is 0.150. The van der Waals surface area contributed by atoms with E-state index >= 15 is 0 Å². The number of nitrogens with zero attached hydrogens (tertiary/aromatic N) is 1. The molecular weight excluding hydrogens is 387 g/mol. The molecule has 3 aromatic rings. The van der Waals surface area contributed by atoms with Crippen molar-refractivity contribution in [3.63, 3.8) is 0 Å². The van der Waals surface area contributed by atoms with Crippen molar-refractivity contribution in [3.8, 4) is 0 Å². The molecule has 0 saturated heterocycles. The first kappa shape index (κ1) is 19.1. The lowest BCUT2D eigenvalue weighted by atomic mass is 10.1. The van der Waals surface area contributed by atoms with Gasteiger partial charge in [-0.1, -0.05) is 47.5 Å². The van der Waals surface area contributed by atoms with Gasteiger partial charge in [0.1, 0.15) is 0 Å². The van der Waals surface area contributed by atoms with Crippen LogP contribution in [0, 0.1) is 6.92 Å². The molecule has 2 aromatic carbocycles. The normalized spacial score (nSPS) is 10.6. The Balaban J connectivity index is 1.61. The number of benzene rings is 2. The van der Waals surface area contributed by atoms with Crippen LogP contribution >= 0.6 is 23.2 Å². The van der Waals surface area contributed by atoms with E-state index < -0.39 is 11.9 Å². The Morgan fingerprint density at radius 3 is 2.67 bits per heavy atom. The Morgan fingerprint density at radius 2 is 1.89 bits per heavy atom.